The average molecular weight is 341 g/mol. The van der Waals surface area contributed by atoms with Gasteiger partial charge in [-0.25, -0.2) is 4.98 Å². The molecule has 3 aromatic carbocycles. The third-order valence-electron chi connectivity index (χ3n) is 4.46. The molecule has 0 aliphatic rings. The van der Waals surface area contributed by atoms with Crippen LogP contribution in [0.3, 0.4) is 0 Å². The standard InChI is InChI=1S/C22H19N3O/c1-16-11-12-18(17-7-3-2-4-8-17)13-20(16)24-22(26)14-25-15-23-19-9-5-6-10-21(19)25/h2-13,15H,14H2,1H3,(H,24,26). The molecule has 26 heavy (non-hydrogen) atoms. The number of nitrogens with one attached hydrogen (secondary N) is 1. The van der Waals surface area contributed by atoms with Crippen LogP contribution in [0.4, 0.5) is 5.69 Å². The van der Waals surface area contributed by atoms with Gasteiger partial charge in [0.1, 0.15) is 6.54 Å². The summed E-state index contributed by atoms with van der Waals surface area (Å²) < 4.78 is 1.86. The second-order valence-corrected chi connectivity index (χ2v) is 6.31. The van der Waals surface area contributed by atoms with Crippen molar-refractivity contribution in [2.45, 2.75) is 13.5 Å². The highest BCUT2D eigenvalue weighted by Crippen LogP contribution is 2.25. The van der Waals surface area contributed by atoms with Gasteiger partial charge in [0.25, 0.3) is 0 Å². The average Bonchev–Trinajstić information content (AvgIpc) is 3.07. The summed E-state index contributed by atoms with van der Waals surface area (Å²) in [5.41, 5.74) is 5.93. The van der Waals surface area contributed by atoms with Gasteiger partial charge in [-0.2, -0.15) is 0 Å². The minimum absolute atomic E-state index is 0.0681. The van der Waals surface area contributed by atoms with E-state index in [-0.39, 0.29) is 12.5 Å². The number of hydrogen-bond donors (Lipinski definition) is 1. The van der Waals surface area contributed by atoms with E-state index in [1.54, 1.807) is 6.33 Å². The molecule has 0 saturated carbocycles. The van der Waals surface area contributed by atoms with Gasteiger partial charge in [-0.15, -0.1) is 0 Å². The zero-order chi connectivity index (χ0) is 17.9. The van der Waals surface area contributed by atoms with E-state index < -0.39 is 0 Å². The van der Waals surface area contributed by atoms with E-state index in [9.17, 15) is 4.79 Å². The largest absolute Gasteiger partial charge is 0.324 e. The van der Waals surface area contributed by atoms with Gasteiger partial charge >= 0.3 is 0 Å². The number of carbonyl (C=O) groups excluding carboxylic acids is 1. The zero-order valence-electron chi connectivity index (χ0n) is 14.5. The van der Waals surface area contributed by atoms with E-state index in [1.807, 2.05) is 66.1 Å². The molecule has 4 rings (SSSR count). The van der Waals surface area contributed by atoms with Crippen molar-refractivity contribution in [2.75, 3.05) is 5.32 Å². The van der Waals surface area contributed by atoms with Crippen molar-refractivity contribution in [3.05, 3.63) is 84.7 Å². The summed E-state index contributed by atoms with van der Waals surface area (Å²) >= 11 is 0. The molecule has 0 aliphatic carbocycles. The van der Waals surface area contributed by atoms with Crippen molar-refractivity contribution in [1.82, 2.24) is 9.55 Å². The maximum absolute atomic E-state index is 12.6. The number of para-hydroxylation sites is 2. The molecule has 0 aliphatic heterocycles. The number of amides is 1. The summed E-state index contributed by atoms with van der Waals surface area (Å²) in [7, 11) is 0. The number of imidazole rings is 1. The summed E-state index contributed by atoms with van der Waals surface area (Å²) in [5, 5.41) is 3.04. The molecule has 1 aromatic heterocycles. The first-order valence-corrected chi connectivity index (χ1v) is 8.56. The fourth-order valence-electron chi connectivity index (χ4n) is 3.05. The van der Waals surface area contributed by atoms with Crippen molar-refractivity contribution >= 4 is 22.6 Å². The number of aromatic nitrogens is 2. The molecule has 0 spiro atoms. The molecular weight excluding hydrogens is 322 g/mol. The lowest BCUT2D eigenvalue weighted by Crippen LogP contribution is -2.18. The van der Waals surface area contributed by atoms with E-state index in [2.05, 4.69) is 28.5 Å². The Kier molecular flexibility index (Phi) is 4.23. The third-order valence-corrected chi connectivity index (χ3v) is 4.46. The summed E-state index contributed by atoms with van der Waals surface area (Å²) in [4.78, 5) is 16.9. The van der Waals surface area contributed by atoms with Crippen LogP contribution in [0.2, 0.25) is 0 Å². The highest BCUT2D eigenvalue weighted by molar-refractivity contribution is 5.93. The molecule has 4 heteroatoms. The maximum Gasteiger partial charge on any atom is 0.244 e. The molecule has 0 saturated heterocycles. The van der Waals surface area contributed by atoms with Crippen LogP contribution >= 0.6 is 0 Å². The van der Waals surface area contributed by atoms with Gasteiger partial charge in [0.15, 0.2) is 0 Å². The first kappa shape index (κ1) is 16.1. The van der Waals surface area contributed by atoms with Gasteiger partial charge in [-0.1, -0.05) is 54.6 Å². The van der Waals surface area contributed by atoms with Crippen LogP contribution in [0.25, 0.3) is 22.2 Å². The Labute approximate surface area is 152 Å². The Morgan fingerprint density at radius 1 is 0.962 bits per heavy atom. The van der Waals surface area contributed by atoms with Crippen molar-refractivity contribution in [1.29, 1.82) is 0 Å². The van der Waals surface area contributed by atoms with Gasteiger partial charge in [-0.3, -0.25) is 4.79 Å². The molecule has 0 radical (unpaired) electrons. The summed E-state index contributed by atoms with van der Waals surface area (Å²) in [6.07, 6.45) is 1.71. The quantitative estimate of drug-likeness (QED) is 0.587. The molecule has 4 aromatic rings. The van der Waals surface area contributed by atoms with E-state index in [1.165, 1.54) is 0 Å². The third kappa shape index (κ3) is 3.22. The highest BCUT2D eigenvalue weighted by Gasteiger charge is 2.09. The van der Waals surface area contributed by atoms with Gasteiger partial charge < -0.3 is 9.88 Å². The highest BCUT2D eigenvalue weighted by atomic mass is 16.1. The normalized spacial score (nSPS) is 10.8. The molecular formula is C22H19N3O. The van der Waals surface area contributed by atoms with Crippen LogP contribution in [0, 0.1) is 6.92 Å². The Hall–Kier alpha value is -3.40. The second kappa shape index (κ2) is 6.84. The summed E-state index contributed by atoms with van der Waals surface area (Å²) in [5.74, 6) is -0.0681. The Bertz CT molecular complexity index is 1070. The number of carbonyl (C=O) groups is 1. The molecule has 1 N–H and O–H groups in total. The minimum Gasteiger partial charge on any atom is -0.324 e. The number of aryl methyl sites for hydroxylation is 1. The topological polar surface area (TPSA) is 46.9 Å². The number of hydrogen-bond acceptors (Lipinski definition) is 2. The number of fused-ring (bicyclic) bond motifs is 1. The van der Waals surface area contributed by atoms with Gasteiger partial charge in [0.2, 0.25) is 5.91 Å². The van der Waals surface area contributed by atoms with Gasteiger partial charge in [0.05, 0.1) is 17.4 Å². The SMILES string of the molecule is Cc1ccc(-c2ccccc2)cc1NC(=O)Cn1cnc2ccccc21. The van der Waals surface area contributed by atoms with Crippen LogP contribution in [0.15, 0.2) is 79.1 Å². The first-order valence-electron chi connectivity index (χ1n) is 8.56. The Morgan fingerprint density at radius 3 is 2.58 bits per heavy atom. The van der Waals surface area contributed by atoms with Gasteiger partial charge in [-0.05, 0) is 41.8 Å². The molecule has 4 nitrogen and oxygen atoms in total. The lowest BCUT2D eigenvalue weighted by atomic mass is 10.0. The minimum atomic E-state index is -0.0681. The first-order chi connectivity index (χ1) is 12.7. The maximum atomic E-state index is 12.6. The predicted octanol–water partition coefficient (Wildman–Crippen LogP) is 4.65. The Morgan fingerprint density at radius 2 is 1.73 bits per heavy atom. The smallest absolute Gasteiger partial charge is 0.244 e. The summed E-state index contributed by atoms with van der Waals surface area (Å²) in [6, 6.07) is 24.1. The van der Waals surface area contributed by atoms with Crippen molar-refractivity contribution in [3.63, 3.8) is 0 Å². The van der Waals surface area contributed by atoms with Crippen LogP contribution in [-0.2, 0) is 11.3 Å². The summed E-state index contributed by atoms with van der Waals surface area (Å²) in [6.45, 7) is 2.23. The van der Waals surface area contributed by atoms with Crippen molar-refractivity contribution < 1.29 is 4.79 Å². The molecule has 0 atom stereocenters. The van der Waals surface area contributed by atoms with Crippen LogP contribution in [0.5, 0.6) is 0 Å². The van der Waals surface area contributed by atoms with Gasteiger partial charge in [0, 0.05) is 5.69 Å². The fraction of sp³-hybridized carbons (Fsp3) is 0.0909. The van der Waals surface area contributed by atoms with E-state index in [4.69, 9.17) is 0 Å². The van der Waals surface area contributed by atoms with Crippen LogP contribution in [-0.4, -0.2) is 15.5 Å². The van der Waals surface area contributed by atoms with Crippen LogP contribution < -0.4 is 5.32 Å². The number of nitrogens with zero attached hydrogens (tertiary/aromatic N) is 2. The lowest BCUT2D eigenvalue weighted by Gasteiger charge is -2.12. The molecule has 128 valence electrons. The number of benzene rings is 3. The predicted molar refractivity (Wildman–Crippen MR) is 105 cm³/mol. The molecule has 1 amide bonds. The zero-order valence-corrected chi connectivity index (χ0v) is 14.5. The second-order valence-electron chi connectivity index (χ2n) is 6.31. The molecule has 0 unspecified atom stereocenters. The number of anilines is 1. The van der Waals surface area contributed by atoms with Crippen LogP contribution in [0.1, 0.15) is 5.56 Å². The fourth-order valence-corrected chi connectivity index (χ4v) is 3.05. The van der Waals surface area contributed by atoms with E-state index >= 15 is 0 Å². The Balaban J connectivity index is 1.56. The van der Waals surface area contributed by atoms with Crippen molar-refractivity contribution in [3.8, 4) is 11.1 Å². The monoisotopic (exact) mass is 341 g/mol. The lowest BCUT2D eigenvalue weighted by molar-refractivity contribution is -0.116. The molecule has 1 heterocycles. The van der Waals surface area contributed by atoms with E-state index in [0.717, 1.165) is 33.4 Å². The molecule has 0 bridgehead atoms. The van der Waals surface area contributed by atoms with E-state index in [0.29, 0.717) is 0 Å². The van der Waals surface area contributed by atoms with Crippen molar-refractivity contribution in [2.24, 2.45) is 0 Å². The molecule has 0 fully saturated rings. The number of rotatable bonds is 4.